The van der Waals surface area contributed by atoms with Crippen LogP contribution in [0.3, 0.4) is 0 Å². The number of methoxy groups -OCH3 is 1. The fourth-order valence-corrected chi connectivity index (χ4v) is 2.49. The molecule has 1 aliphatic heterocycles. The monoisotopic (exact) mass is 332 g/mol. The third-order valence-electron chi connectivity index (χ3n) is 3.86. The van der Waals surface area contributed by atoms with Crippen LogP contribution < -0.4 is 10.1 Å². The molecule has 7 nitrogen and oxygen atoms in total. The predicted octanol–water partition coefficient (Wildman–Crippen LogP) is 2.23. The number of ether oxygens (including phenoxy) is 3. The van der Waals surface area contributed by atoms with Crippen LogP contribution in [0, 0.1) is 0 Å². The molecule has 0 radical (unpaired) electrons. The lowest BCUT2D eigenvalue weighted by atomic mass is 10.1. The summed E-state index contributed by atoms with van der Waals surface area (Å²) in [6.07, 6.45) is 0.569. The summed E-state index contributed by atoms with van der Waals surface area (Å²) < 4.78 is 21.4. The van der Waals surface area contributed by atoms with Gasteiger partial charge in [0.15, 0.2) is 17.2 Å². The zero-order valence-corrected chi connectivity index (χ0v) is 13.7. The summed E-state index contributed by atoms with van der Waals surface area (Å²) >= 11 is 0. The number of benzene rings is 1. The van der Waals surface area contributed by atoms with Crippen LogP contribution in [-0.4, -0.2) is 43.7 Å². The Morgan fingerprint density at radius 2 is 2.12 bits per heavy atom. The molecule has 0 spiro atoms. The smallest absolute Gasteiger partial charge is 0.273 e. The molecule has 24 heavy (non-hydrogen) atoms. The van der Waals surface area contributed by atoms with Gasteiger partial charge in [-0.2, -0.15) is 0 Å². The number of rotatable bonds is 6. The average molecular weight is 332 g/mol. The molecule has 0 bridgehead atoms. The van der Waals surface area contributed by atoms with Gasteiger partial charge in [0.2, 0.25) is 0 Å². The highest BCUT2D eigenvalue weighted by Gasteiger charge is 2.30. The summed E-state index contributed by atoms with van der Waals surface area (Å²) in [6.45, 7) is 3.45. The van der Waals surface area contributed by atoms with Crippen LogP contribution in [0.4, 0.5) is 0 Å². The molecule has 0 atom stereocenters. The van der Waals surface area contributed by atoms with E-state index >= 15 is 0 Å². The lowest BCUT2D eigenvalue weighted by Gasteiger charge is -2.21. The number of nitrogens with one attached hydrogen (secondary N) is 1. The van der Waals surface area contributed by atoms with E-state index in [-0.39, 0.29) is 11.6 Å². The molecule has 0 aliphatic carbocycles. The molecule has 7 heteroatoms. The Hall–Kier alpha value is -2.38. The minimum atomic E-state index is -0.622. The van der Waals surface area contributed by atoms with Crippen molar-refractivity contribution in [3.8, 4) is 17.1 Å². The van der Waals surface area contributed by atoms with E-state index in [9.17, 15) is 4.79 Å². The van der Waals surface area contributed by atoms with E-state index in [1.807, 2.05) is 31.2 Å². The van der Waals surface area contributed by atoms with E-state index in [2.05, 4.69) is 10.5 Å². The highest BCUT2D eigenvalue weighted by atomic mass is 16.7. The summed E-state index contributed by atoms with van der Waals surface area (Å²) in [5, 5.41) is 6.62. The highest BCUT2D eigenvalue weighted by molar-refractivity contribution is 5.93. The normalized spacial score (nSPS) is 16.1. The van der Waals surface area contributed by atoms with Gasteiger partial charge in [0, 0.05) is 24.6 Å². The molecule has 1 N–H and O–H groups in total. The minimum absolute atomic E-state index is 0.228. The van der Waals surface area contributed by atoms with E-state index in [0.717, 1.165) is 5.56 Å². The summed E-state index contributed by atoms with van der Waals surface area (Å²) in [4.78, 5) is 12.2. The quantitative estimate of drug-likeness (QED) is 0.873. The Bertz CT molecular complexity index is 707. The largest absolute Gasteiger partial charge is 0.497 e. The van der Waals surface area contributed by atoms with Crippen LogP contribution in [0.2, 0.25) is 0 Å². The van der Waals surface area contributed by atoms with Gasteiger partial charge in [-0.15, -0.1) is 0 Å². The van der Waals surface area contributed by atoms with Gasteiger partial charge in [-0.1, -0.05) is 17.3 Å². The molecule has 128 valence electrons. The Morgan fingerprint density at radius 3 is 2.88 bits per heavy atom. The zero-order chi connectivity index (χ0) is 17.0. The van der Waals surface area contributed by atoms with Gasteiger partial charge in [-0.25, -0.2) is 0 Å². The van der Waals surface area contributed by atoms with Gasteiger partial charge >= 0.3 is 0 Å². The van der Waals surface area contributed by atoms with Gasteiger partial charge in [0.05, 0.1) is 20.3 Å². The minimum Gasteiger partial charge on any atom is -0.497 e. The van der Waals surface area contributed by atoms with E-state index in [4.69, 9.17) is 18.7 Å². The van der Waals surface area contributed by atoms with Crippen molar-refractivity contribution in [2.24, 2.45) is 0 Å². The number of amides is 1. The molecule has 1 fully saturated rings. The van der Waals surface area contributed by atoms with Gasteiger partial charge in [0.25, 0.3) is 5.91 Å². The fraction of sp³-hybridized carbons (Fsp3) is 0.412. The van der Waals surface area contributed by atoms with E-state index < -0.39 is 5.79 Å². The van der Waals surface area contributed by atoms with Crippen LogP contribution in [0.5, 0.6) is 5.75 Å². The molecule has 1 aromatic heterocycles. The molecule has 1 aliphatic rings. The number of hydrogen-bond acceptors (Lipinski definition) is 6. The maximum Gasteiger partial charge on any atom is 0.273 e. The van der Waals surface area contributed by atoms with Crippen molar-refractivity contribution in [2.45, 2.75) is 19.1 Å². The van der Waals surface area contributed by atoms with Gasteiger partial charge < -0.3 is 24.1 Å². The summed E-state index contributed by atoms with van der Waals surface area (Å²) in [7, 11) is 1.59. The Kier molecular flexibility index (Phi) is 4.82. The third-order valence-corrected chi connectivity index (χ3v) is 3.86. The molecule has 2 heterocycles. The van der Waals surface area contributed by atoms with Gasteiger partial charge in [0.1, 0.15) is 5.75 Å². The number of hydrogen-bond donors (Lipinski definition) is 1. The van der Waals surface area contributed by atoms with Crippen molar-refractivity contribution in [1.29, 1.82) is 0 Å². The predicted molar refractivity (Wildman–Crippen MR) is 85.8 cm³/mol. The molecule has 0 saturated carbocycles. The molecule has 1 aromatic carbocycles. The Labute approximate surface area is 139 Å². The lowest BCUT2D eigenvalue weighted by Crippen LogP contribution is -2.33. The number of carbonyl (C=O) groups excluding carboxylic acids is 1. The van der Waals surface area contributed by atoms with E-state index in [1.54, 1.807) is 13.2 Å². The third kappa shape index (κ3) is 3.74. The molecular formula is C17H20N2O5. The Morgan fingerprint density at radius 1 is 1.33 bits per heavy atom. The van der Waals surface area contributed by atoms with Crippen molar-refractivity contribution >= 4 is 5.91 Å². The number of aromatic nitrogens is 1. The highest BCUT2D eigenvalue weighted by Crippen LogP contribution is 2.24. The van der Waals surface area contributed by atoms with Crippen LogP contribution in [0.1, 0.15) is 23.8 Å². The van der Waals surface area contributed by atoms with Gasteiger partial charge in [-0.05, 0) is 19.1 Å². The van der Waals surface area contributed by atoms with Gasteiger partial charge in [-0.3, -0.25) is 4.79 Å². The first kappa shape index (κ1) is 16.5. The van der Waals surface area contributed by atoms with Crippen molar-refractivity contribution in [3.63, 3.8) is 0 Å². The number of carbonyl (C=O) groups is 1. The SMILES string of the molecule is COc1cccc(-c2cc(C(=O)NCCC3(C)OCCO3)no2)c1. The second-order valence-corrected chi connectivity index (χ2v) is 5.64. The summed E-state index contributed by atoms with van der Waals surface area (Å²) in [6, 6.07) is 8.96. The Balaban J connectivity index is 1.59. The first-order valence-electron chi connectivity index (χ1n) is 7.77. The summed E-state index contributed by atoms with van der Waals surface area (Å²) in [5.41, 5.74) is 1.02. The lowest BCUT2D eigenvalue weighted by molar-refractivity contribution is -0.145. The second kappa shape index (κ2) is 7.02. The molecule has 2 aromatic rings. The molecule has 3 rings (SSSR count). The first-order valence-corrected chi connectivity index (χ1v) is 7.77. The topological polar surface area (TPSA) is 82.8 Å². The van der Waals surface area contributed by atoms with Crippen molar-refractivity contribution in [2.75, 3.05) is 26.9 Å². The van der Waals surface area contributed by atoms with Crippen LogP contribution in [0.15, 0.2) is 34.9 Å². The molecular weight excluding hydrogens is 312 g/mol. The molecule has 0 unspecified atom stereocenters. The van der Waals surface area contributed by atoms with Crippen molar-refractivity contribution < 1.29 is 23.5 Å². The molecule has 1 saturated heterocycles. The standard InChI is InChI=1S/C17H20N2O5/c1-17(22-8-9-23-17)6-7-18-16(20)14-11-15(24-19-14)12-4-3-5-13(10-12)21-2/h3-5,10-11H,6-9H2,1-2H3,(H,18,20). The van der Waals surface area contributed by atoms with Crippen LogP contribution in [0.25, 0.3) is 11.3 Å². The fourth-order valence-electron chi connectivity index (χ4n) is 2.49. The first-order chi connectivity index (χ1) is 11.6. The van der Waals surface area contributed by atoms with E-state index in [1.165, 1.54) is 0 Å². The maximum atomic E-state index is 12.2. The second-order valence-electron chi connectivity index (χ2n) is 5.64. The van der Waals surface area contributed by atoms with Crippen LogP contribution in [-0.2, 0) is 9.47 Å². The van der Waals surface area contributed by atoms with Crippen molar-refractivity contribution in [3.05, 3.63) is 36.0 Å². The molecule has 1 amide bonds. The summed E-state index contributed by atoms with van der Waals surface area (Å²) in [5.74, 6) is 0.297. The average Bonchev–Trinajstić information content (AvgIpc) is 3.24. The van der Waals surface area contributed by atoms with Crippen LogP contribution >= 0.6 is 0 Å². The van der Waals surface area contributed by atoms with Crippen molar-refractivity contribution in [1.82, 2.24) is 10.5 Å². The maximum absolute atomic E-state index is 12.2. The van der Waals surface area contributed by atoms with E-state index in [0.29, 0.717) is 37.7 Å². The number of nitrogens with zero attached hydrogens (tertiary/aromatic N) is 1. The zero-order valence-electron chi connectivity index (χ0n) is 13.7.